The Morgan fingerprint density at radius 3 is 2.39 bits per heavy atom. The summed E-state index contributed by atoms with van der Waals surface area (Å²) >= 11 is 0. The Kier molecular flexibility index (Phi) is 11.8. The highest BCUT2D eigenvalue weighted by molar-refractivity contribution is 4.63. The quantitative estimate of drug-likeness (QED) is 0.539. The fourth-order valence-corrected chi connectivity index (χ4v) is 1.81. The van der Waals surface area contributed by atoms with Crippen molar-refractivity contribution in [3.63, 3.8) is 0 Å². The Hall–Kier alpha value is -0.160. The molecule has 0 rings (SSSR count). The average molecular weight is 260 g/mol. The fourth-order valence-electron chi connectivity index (χ4n) is 1.81. The molecule has 0 aliphatic carbocycles. The summed E-state index contributed by atoms with van der Waals surface area (Å²) in [6.45, 7) is 9.35. The summed E-state index contributed by atoms with van der Waals surface area (Å²) in [7, 11) is 4.18. The van der Waals surface area contributed by atoms with Gasteiger partial charge in [0.1, 0.15) is 0 Å². The summed E-state index contributed by atoms with van der Waals surface area (Å²) in [6, 6.07) is 0. The van der Waals surface area contributed by atoms with Crippen LogP contribution in [-0.4, -0.2) is 74.5 Å². The minimum atomic E-state index is -0.360. The number of aliphatic hydroxyl groups is 1. The molecule has 0 heterocycles. The first kappa shape index (κ1) is 17.8. The number of rotatable bonds is 12. The predicted octanol–water partition coefficient (Wildman–Crippen LogP) is 1.44. The van der Waals surface area contributed by atoms with Crippen molar-refractivity contribution in [2.24, 2.45) is 0 Å². The first-order valence-corrected chi connectivity index (χ1v) is 7.23. The number of ether oxygens (including phenoxy) is 1. The van der Waals surface area contributed by atoms with Gasteiger partial charge in [-0.05, 0) is 46.6 Å². The van der Waals surface area contributed by atoms with Crippen molar-refractivity contribution in [3.8, 4) is 0 Å². The molecule has 0 aromatic rings. The van der Waals surface area contributed by atoms with Crippen LogP contribution in [0, 0.1) is 0 Å². The van der Waals surface area contributed by atoms with E-state index in [0.29, 0.717) is 6.61 Å². The Morgan fingerprint density at radius 2 is 1.83 bits per heavy atom. The van der Waals surface area contributed by atoms with Crippen molar-refractivity contribution in [1.82, 2.24) is 9.80 Å². The van der Waals surface area contributed by atoms with Crippen molar-refractivity contribution in [2.75, 3.05) is 53.5 Å². The molecule has 1 N–H and O–H groups in total. The van der Waals surface area contributed by atoms with E-state index in [9.17, 15) is 5.11 Å². The van der Waals surface area contributed by atoms with E-state index in [1.54, 1.807) is 0 Å². The zero-order valence-corrected chi connectivity index (χ0v) is 12.7. The Balaban J connectivity index is 3.62. The molecule has 0 aromatic heterocycles. The van der Waals surface area contributed by atoms with Gasteiger partial charge in [0.05, 0.1) is 12.7 Å². The lowest BCUT2D eigenvalue weighted by Crippen LogP contribution is -2.36. The number of hydrogen-bond acceptors (Lipinski definition) is 4. The van der Waals surface area contributed by atoms with Gasteiger partial charge in [-0.15, -0.1) is 0 Å². The van der Waals surface area contributed by atoms with Crippen LogP contribution < -0.4 is 0 Å². The number of nitrogens with zero attached hydrogens (tertiary/aromatic N) is 2. The van der Waals surface area contributed by atoms with Gasteiger partial charge >= 0.3 is 0 Å². The van der Waals surface area contributed by atoms with Crippen LogP contribution in [0.15, 0.2) is 0 Å². The molecular weight excluding hydrogens is 228 g/mol. The molecule has 1 atom stereocenters. The van der Waals surface area contributed by atoms with Gasteiger partial charge in [0.15, 0.2) is 0 Å². The van der Waals surface area contributed by atoms with Gasteiger partial charge in [-0.2, -0.15) is 0 Å². The third-order valence-corrected chi connectivity index (χ3v) is 2.95. The molecule has 0 bridgehead atoms. The predicted molar refractivity (Wildman–Crippen MR) is 77.0 cm³/mol. The van der Waals surface area contributed by atoms with Gasteiger partial charge < -0.3 is 19.6 Å². The first-order chi connectivity index (χ1) is 8.60. The smallest absolute Gasteiger partial charge is 0.0900 e. The van der Waals surface area contributed by atoms with Crippen LogP contribution in [0.2, 0.25) is 0 Å². The Labute approximate surface area is 113 Å². The molecule has 0 fully saturated rings. The molecule has 110 valence electrons. The summed E-state index contributed by atoms with van der Waals surface area (Å²) in [5.74, 6) is 0. The van der Waals surface area contributed by atoms with E-state index in [2.05, 4.69) is 37.7 Å². The lowest BCUT2D eigenvalue weighted by atomic mass is 10.3. The number of aliphatic hydroxyl groups excluding tert-OH is 1. The van der Waals surface area contributed by atoms with E-state index < -0.39 is 0 Å². The monoisotopic (exact) mass is 260 g/mol. The minimum absolute atomic E-state index is 0.360. The van der Waals surface area contributed by atoms with Crippen molar-refractivity contribution >= 4 is 0 Å². The van der Waals surface area contributed by atoms with E-state index in [-0.39, 0.29) is 6.10 Å². The van der Waals surface area contributed by atoms with Gasteiger partial charge in [-0.1, -0.05) is 20.3 Å². The third-order valence-electron chi connectivity index (χ3n) is 2.95. The van der Waals surface area contributed by atoms with Gasteiger partial charge in [-0.3, -0.25) is 0 Å². The number of likely N-dealkylation sites (N-methyl/N-ethyl adjacent to an activating group) is 1. The van der Waals surface area contributed by atoms with Gasteiger partial charge in [-0.25, -0.2) is 0 Å². The van der Waals surface area contributed by atoms with Crippen LogP contribution in [0.3, 0.4) is 0 Å². The molecule has 0 aliphatic rings. The largest absolute Gasteiger partial charge is 0.389 e. The summed E-state index contributed by atoms with van der Waals surface area (Å²) in [5, 5.41) is 9.88. The summed E-state index contributed by atoms with van der Waals surface area (Å²) in [5.41, 5.74) is 0. The maximum atomic E-state index is 9.88. The number of hydrogen-bond donors (Lipinski definition) is 1. The maximum absolute atomic E-state index is 9.88. The topological polar surface area (TPSA) is 35.9 Å². The highest BCUT2D eigenvalue weighted by Gasteiger charge is 2.10. The van der Waals surface area contributed by atoms with Crippen LogP contribution in [0.25, 0.3) is 0 Å². The van der Waals surface area contributed by atoms with Crippen LogP contribution in [0.1, 0.15) is 33.1 Å². The van der Waals surface area contributed by atoms with Crippen LogP contribution in [0.4, 0.5) is 0 Å². The Bertz CT molecular complexity index is 177. The van der Waals surface area contributed by atoms with E-state index in [4.69, 9.17) is 4.74 Å². The van der Waals surface area contributed by atoms with E-state index >= 15 is 0 Å². The van der Waals surface area contributed by atoms with E-state index in [1.165, 1.54) is 0 Å². The third kappa shape index (κ3) is 11.0. The standard InChI is InChI=1S/C14H32N2O2/c1-5-7-11-18-13-14(17)12-16(6-2)10-8-9-15(3)4/h14,17H,5-13H2,1-4H3. The second-order valence-corrected chi connectivity index (χ2v) is 5.13. The van der Waals surface area contributed by atoms with Gasteiger partial charge in [0.25, 0.3) is 0 Å². The lowest BCUT2D eigenvalue weighted by molar-refractivity contribution is 0.0162. The van der Waals surface area contributed by atoms with Gasteiger partial charge in [0.2, 0.25) is 0 Å². The minimum Gasteiger partial charge on any atom is -0.389 e. The maximum Gasteiger partial charge on any atom is 0.0900 e. The van der Waals surface area contributed by atoms with Crippen molar-refractivity contribution in [2.45, 2.75) is 39.2 Å². The molecule has 0 saturated carbocycles. The molecule has 0 aromatic carbocycles. The summed E-state index contributed by atoms with van der Waals surface area (Å²) in [6.07, 6.45) is 3.00. The molecule has 0 saturated heterocycles. The SMILES string of the molecule is CCCCOCC(O)CN(CC)CCCN(C)C. The lowest BCUT2D eigenvalue weighted by Gasteiger charge is -2.24. The van der Waals surface area contributed by atoms with Crippen molar-refractivity contribution in [1.29, 1.82) is 0 Å². The van der Waals surface area contributed by atoms with E-state index in [1.807, 2.05) is 0 Å². The zero-order valence-electron chi connectivity index (χ0n) is 12.7. The second-order valence-electron chi connectivity index (χ2n) is 5.13. The normalized spacial score (nSPS) is 13.5. The van der Waals surface area contributed by atoms with E-state index in [0.717, 1.165) is 52.0 Å². The van der Waals surface area contributed by atoms with Crippen molar-refractivity contribution in [3.05, 3.63) is 0 Å². The fraction of sp³-hybridized carbons (Fsp3) is 1.00. The van der Waals surface area contributed by atoms with Crippen molar-refractivity contribution < 1.29 is 9.84 Å². The molecule has 0 radical (unpaired) electrons. The average Bonchev–Trinajstić information content (AvgIpc) is 2.33. The summed E-state index contributed by atoms with van der Waals surface area (Å²) < 4.78 is 5.44. The van der Waals surface area contributed by atoms with Crippen LogP contribution in [0.5, 0.6) is 0 Å². The number of unbranched alkanes of at least 4 members (excludes halogenated alkanes) is 1. The highest BCUT2D eigenvalue weighted by Crippen LogP contribution is 1.97. The molecule has 4 heteroatoms. The van der Waals surface area contributed by atoms with Crippen LogP contribution >= 0.6 is 0 Å². The Morgan fingerprint density at radius 1 is 1.11 bits per heavy atom. The molecule has 1 unspecified atom stereocenters. The van der Waals surface area contributed by atoms with Crippen LogP contribution in [-0.2, 0) is 4.74 Å². The second kappa shape index (κ2) is 11.9. The van der Waals surface area contributed by atoms with Gasteiger partial charge in [0, 0.05) is 13.2 Å². The first-order valence-electron chi connectivity index (χ1n) is 7.23. The molecule has 0 aliphatic heterocycles. The molecule has 0 amide bonds. The molecular formula is C14H32N2O2. The highest BCUT2D eigenvalue weighted by atomic mass is 16.5. The summed E-state index contributed by atoms with van der Waals surface area (Å²) in [4.78, 5) is 4.48. The molecule has 4 nitrogen and oxygen atoms in total. The zero-order chi connectivity index (χ0) is 13.8. The molecule has 0 spiro atoms. The molecule has 18 heavy (non-hydrogen) atoms.